The van der Waals surface area contributed by atoms with Gasteiger partial charge in [-0.05, 0) is 262 Å². The van der Waals surface area contributed by atoms with Gasteiger partial charge in [-0.2, -0.15) is 0 Å². The Morgan fingerprint density at radius 2 is 0.781 bits per heavy atom. The minimum absolute atomic E-state index is 0.498. The normalized spacial score (nSPS) is 12.9. The molecule has 1 aliphatic heterocycles. The Labute approximate surface area is 788 Å². The molecule has 26 aromatic rings. The zero-order valence-corrected chi connectivity index (χ0v) is 74.1. The average Bonchev–Trinajstić information content (AvgIpc) is 1.50. The summed E-state index contributed by atoms with van der Waals surface area (Å²) in [5, 5.41) is 19.2. The topological polar surface area (TPSA) is 74.7 Å². The van der Waals surface area contributed by atoms with E-state index in [-0.39, 0.29) is 0 Å². The van der Waals surface area contributed by atoms with Gasteiger partial charge in [0.25, 0.3) is 0 Å². The minimum atomic E-state index is -0.584. The quantitative estimate of drug-likeness (QED) is 0.106. The average molecular weight is 1740 g/mol. The summed E-state index contributed by atoms with van der Waals surface area (Å²) in [6.45, 7) is 0.595. The molecule has 0 radical (unpaired) electrons. The van der Waals surface area contributed by atoms with E-state index < -0.39 is 5.41 Å². The van der Waals surface area contributed by atoms with Gasteiger partial charge in [-0.3, -0.25) is 0 Å². The first-order valence-corrected chi connectivity index (χ1v) is 47.0. The second-order valence-corrected chi connectivity index (χ2v) is 36.7. The lowest BCUT2D eigenvalue weighted by molar-refractivity contribution is 0.669. The number of rotatable bonds is 13. The largest absolute Gasteiger partial charge is 0.456 e. The number of furan rings is 2. The van der Waals surface area contributed by atoms with Crippen molar-refractivity contribution in [2.75, 3.05) is 21.2 Å². The molecule has 8 heteroatoms. The van der Waals surface area contributed by atoms with Crippen LogP contribution < -0.4 is 14.7 Å². The molecule has 636 valence electrons. The second-order valence-electron chi connectivity index (χ2n) is 36.7. The Hall–Kier alpha value is -18.1. The number of hydrogen-bond acceptors (Lipinski definition) is 8. The zero-order chi connectivity index (χ0) is 89.7. The molecule has 29 rings (SSSR count). The number of aromatic nitrogens is 3. The van der Waals surface area contributed by atoms with E-state index in [1.165, 1.54) is 82.7 Å². The van der Waals surface area contributed by atoms with E-state index in [2.05, 4.69) is 470 Å². The van der Waals surface area contributed by atoms with Crippen LogP contribution in [0.2, 0.25) is 0 Å². The molecule has 0 atom stereocenters. The van der Waals surface area contributed by atoms with E-state index in [0.717, 1.165) is 171 Å². The van der Waals surface area contributed by atoms with Gasteiger partial charge in [-0.15, -0.1) is 0 Å². The lowest BCUT2D eigenvalue weighted by atomic mass is 9.70. The van der Waals surface area contributed by atoms with Crippen LogP contribution in [0.1, 0.15) is 27.8 Å². The van der Waals surface area contributed by atoms with Crippen LogP contribution in [0.3, 0.4) is 0 Å². The fraction of sp³-hybridized carbons (Fsp3) is 0.0155. The van der Waals surface area contributed by atoms with Crippen molar-refractivity contribution < 1.29 is 8.83 Å². The van der Waals surface area contributed by atoms with Crippen molar-refractivity contribution in [1.29, 1.82) is 0 Å². The standard InChI is InChI=1S/C129H78N6O2/c1-4-25-78(26-5-1)85-35-20-37-92(66-85)134(93-58-60-100-88(68-93)53-51-83-50-52-86(69-108(83)100)79-27-6-2-7-28-79)96-74-110-107-61-63-118(135(94-57-54-80-29-10-11-33-84(80)67-94)117-49-23-44-101-98(43-22-45-106(101)117)81-30-8-3-9-31-81)126-125(107)124-111(73-95(75-121(124)137-126)133-64-24-36-89-65-87(56-62-116(89)133)99-42-21-34-82-32-12-13-38-97(82)99)109-70-91(72-119-122(109)123(110)120(76-96)136-119)128-131-77-130-127(132-128)90-55-59-105-104-41-16-19-48-114(104)129(115(105)71-90)112-46-17-14-39-102(112)103-40-15-18-47-113(103)129/h1-63,65-77H,64H2. The Bertz CT molecular complexity index is 9560. The lowest BCUT2D eigenvalue weighted by Gasteiger charge is -2.30. The van der Waals surface area contributed by atoms with E-state index in [1.54, 1.807) is 6.33 Å². The van der Waals surface area contributed by atoms with Gasteiger partial charge in [0.1, 0.15) is 23.1 Å². The molecule has 8 nitrogen and oxygen atoms in total. The molecule has 0 fully saturated rings. The molecule has 4 heterocycles. The number of nitrogens with zero attached hydrogens (tertiary/aromatic N) is 6. The van der Waals surface area contributed by atoms with Gasteiger partial charge in [-0.1, -0.05) is 346 Å². The van der Waals surface area contributed by atoms with E-state index >= 15 is 0 Å². The molecule has 0 saturated carbocycles. The van der Waals surface area contributed by atoms with Crippen LogP contribution in [-0.4, -0.2) is 21.5 Å². The SMILES string of the molecule is C1=Cc2cc(-c3cccc4ccccc34)ccc2N(c2cc3oc4c(N(c5ccc6ccccc6c5)c5cccc6c(-c7ccccc7)cccc56)ccc5c6cc(N(c7cccc(-c8ccccc8)c7)c7ccc8c(ccc9ccc(-c%10ccccc%10)cc98)c7)cc7oc8cc(-c9ncnc(-c%10ccc%11c(c%10)C%10(c%12ccccc%12-c%12ccccc%12%10)c%10ccccc%10-%11)n9)cc(c(c2)c3c45)c8c76)C1. The van der Waals surface area contributed by atoms with Gasteiger partial charge in [0.2, 0.25) is 0 Å². The summed E-state index contributed by atoms with van der Waals surface area (Å²) in [6.07, 6.45) is 6.27. The highest BCUT2D eigenvalue weighted by Gasteiger charge is 2.52. The maximum absolute atomic E-state index is 8.25. The minimum Gasteiger partial charge on any atom is -0.456 e. The Kier molecular flexibility index (Phi) is 16.7. The maximum Gasteiger partial charge on any atom is 0.163 e. The fourth-order valence-corrected chi connectivity index (χ4v) is 23.4. The van der Waals surface area contributed by atoms with Gasteiger partial charge in [0.15, 0.2) is 17.2 Å². The van der Waals surface area contributed by atoms with Crippen LogP contribution in [-0.2, 0) is 5.41 Å². The molecule has 1 spiro atoms. The first-order chi connectivity index (χ1) is 67.9. The van der Waals surface area contributed by atoms with E-state index in [0.29, 0.717) is 34.9 Å². The number of anilines is 8. The predicted octanol–water partition coefficient (Wildman–Crippen LogP) is 34.6. The summed E-state index contributed by atoms with van der Waals surface area (Å²) in [6, 6.07) is 163. The smallest absolute Gasteiger partial charge is 0.163 e. The van der Waals surface area contributed by atoms with E-state index in [1.807, 2.05) is 0 Å². The molecule has 0 amide bonds. The van der Waals surface area contributed by atoms with E-state index in [4.69, 9.17) is 23.8 Å². The lowest BCUT2D eigenvalue weighted by Crippen LogP contribution is -2.25. The number of benzene rings is 22. The molecular formula is C129H78N6O2. The summed E-state index contributed by atoms with van der Waals surface area (Å²) < 4.78 is 16.2. The molecule has 0 N–H and O–H groups in total. The third kappa shape index (κ3) is 11.7. The van der Waals surface area contributed by atoms with Crippen LogP contribution in [0.25, 0.3) is 215 Å². The van der Waals surface area contributed by atoms with Crippen molar-refractivity contribution in [2.45, 2.75) is 5.41 Å². The molecule has 0 unspecified atom stereocenters. The van der Waals surface area contributed by atoms with Crippen LogP contribution >= 0.6 is 0 Å². The number of hydrogen-bond donors (Lipinski definition) is 0. The second kappa shape index (κ2) is 30.0. The predicted molar refractivity (Wildman–Crippen MR) is 569 cm³/mol. The molecule has 3 aromatic heterocycles. The van der Waals surface area contributed by atoms with Crippen LogP contribution in [0.15, 0.2) is 464 Å². The van der Waals surface area contributed by atoms with Crippen molar-refractivity contribution in [3.8, 4) is 89.5 Å². The Morgan fingerprint density at radius 3 is 1.57 bits per heavy atom. The van der Waals surface area contributed by atoms with Crippen molar-refractivity contribution in [1.82, 2.24) is 15.0 Å². The molecule has 0 bridgehead atoms. The van der Waals surface area contributed by atoms with Gasteiger partial charge in [0.05, 0.1) is 22.5 Å². The van der Waals surface area contributed by atoms with Gasteiger partial charge < -0.3 is 23.5 Å². The monoisotopic (exact) mass is 1740 g/mol. The van der Waals surface area contributed by atoms with Crippen molar-refractivity contribution in [3.05, 3.63) is 483 Å². The maximum atomic E-state index is 8.25. The molecular weight excluding hydrogens is 1670 g/mol. The summed E-state index contributed by atoms with van der Waals surface area (Å²) in [4.78, 5) is 23.5. The van der Waals surface area contributed by atoms with Crippen molar-refractivity contribution >= 4 is 171 Å². The fourth-order valence-electron chi connectivity index (χ4n) is 23.4. The van der Waals surface area contributed by atoms with Gasteiger partial charge >= 0.3 is 0 Å². The molecule has 3 aliphatic rings. The highest BCUT2D eigenvalue weighted by Crippen LogP contribution is 2.64. The third-order valence-corrected chi connectivity index (χ3v) is 29.4. The summed E-state index contributed by atoms with van der Waals surface area (Å²) >= 11 is 0. The van der Waals surface area contributed by atoms with Crippen LogP contribution in [0.4, 0.5) is 45.5 Å². The molecule has 137 heavy (non-hydrogen) atoms. The first-order valence-electron chi connectivity index (χ1n) is 47.0. The molecule has 0 saturated heterocycles. The van der Waals surface area contributed by atoms with Crippen molar-refractivity contribution in [2.24, 2.45) is 0 Å². The van der Waals surface area contributed by atoms with Crippen LogP contribution in [0, 0.1) is 0 Å². The zero-order valence-electron chi connectivity index (χ0n) is 74.1. The van der Waals surface area contributed by atoms with Crippen LogP contribution in [0.5, 0.6) is 0 Å². The Balaban J connectivity index is 0.716. The van der Waals surface area contributed by atoms with Crippen molar-refractivity contribution in [3.63, 3.8) is 0 Å². The number of fused-ring (bicyclic) bond motifs is 19. The Morgan fingerprint density at radius 1 is 0.255 bits per heavy atom. The third-order valence-electron chi connectivity index (χ3n) is 29.4. The van der Waals surface area contributed by atoms with Gasteiger partial charge in [0, 0.05) is 85.2 Å². The molecule has 2 aliphatic carbocycles. The summed E-state index contributed by atoms with van der Waals surface area (Å²) in [5.74, 6) is 1.05. The molecule has 23 aromatic carbocycles. The highest BCUT2D eigenvalue weighted by molar-refractivity contribution is 6.38. The summed E-state index contributed by atoms with van der Waals surface area (Å²) in [7, 11) is 0. The van der Waals surface area contributed by atoms with Gasteiger partial charge in [-0.25, -0.2) is 15.0 Å². The summed E-state index contributed by atoms with van der Waals surface area (Å²) in [5.41, 5.74) is 31.8. The highest BCUT2D eigenvalue weighted by atomic mass is 16.3. The van der Waals surface area contributed by atoms with E-state index in [9.17, 15) is 0 Å². The first kappa shape index (κ1) is 76.6.